The van der Waals surface area contributed by atoms with Crippen LogP contribution in [0.2, 0.25) is 0 Å². The molecule has 0 aromatic carbocycles. The fourth-order valence-electron chi connectivity index (χ4n) is 2.86. The predicted octanol–water partition coefficient (Wildman–Crippen LogP) is 0.997. The highest BCUT2D eigenvalue weighted by molar-refractivity contribution is 4.81. The summed E-state index contributed by atoms with van der Waals surface area (Å²) in [6.45, 7) is 6.66. The van der Waals surface area contributed by atoms with E-state index >= 15 is 0 Å². The summed E-state index contributed by atoms with van der Waals surface area (Å²) in [6.07, 6.45) is 3.96. The van der Waals surface area contributed by atoms with Gasteiger partial charge in [-0.05, 0) is 52.4 Å². The summed E-state index contributed by atoms with van der Waals surface area (Å²) in [5.74, 6) is 0.888. The van der Waals surface area contributed by atoms with Gasteiger partial charge >= 0.3 is 0 Å². The van der Waals surface area contributed by atoms with Gasteiger partial charge in [-0.3, -0.25) is 0 Å². The SMILES string of the molecule is CCC(C1CCN(CCN)CC1)N(C)C. The van der Waals surface area contributed by atoms with Gasteiger partial charge in [0.2, 0.25) is 0 Å². The van der Waals surface area contributed by atoms with Crippen molar-refractivity contribution in [2.75, 3.05) is 40.3 Å². The zero-order valence-corrected chi connectivity index (χ0v) is 10.6. The van der Waals surface area contributed by atoms with E-state index < -0.39 is 0 Å². The van der Waals surface area contributed by atoms with Crippen LogP contribution in [0.4, 0.5) is 0 Å². The third-order valence-electron chi connectivity index (χ3n) is 3.70. The Balaban J connectivity index is 2.35. The van der Waals surface area contributed by atoms with Crippen LogP contribution >= 0.6 is 0 Å². The van der Waals surface area contributed by atoms with E-state index in [0.717, 1.165) is 25.0 Å². The number of piperidine rings is 1. The second-order valence-corrected chi connectivity index (χ2v) is 4.91. The molecule has 1 saturated heterocycles. The Labute approximate surface area is 94.6 Å². The molecule has 0 aliphatic carbocycles. The number of likely N-dealkylation sites (tertiary alicyclic amines) is 1. The fraction of sp³-hybridized carbons (Fsp3) is 1.00. The third-order valence-corrected chi connectivity index (χ3v) is 3.70. The average molecular weight is 213 g/mol. The highest BCUT2D eigenvalue weighted by atomic mass is 15.1. The van der Waals surface area contributed by atoms with Crippen LogP contribution in [0.3, 0.4) is 0 Å². The number of hydrogen-bond donors (Lipinski definition) is 1. The highest BCUT2D eigenvalue weighted by Gasteiger charge is 2.26. The quantitative estimate of drug-likeness (QED) is 0.739. The molecule has 1 fully saturated rings. The molecule has 1 aliphatic rings. The zero-order chi connectivity index (χ0) is 11.3. The molecule has 1 atom stereocenters. The summed E-state index contributed by atoms with van der Waals surface area (Å²) in [5.41, 5.74) is 5.58. The van der Waals surface area contributed by atoms with Crippen LogP contribution in [0.5, 0.6) is 0 Å². The molecule has 90 valence electrons. The molecule has 0 aromatic rings. The molecular weight excluding hydrogens is 186 g/mol. The van der Waals surface area contributed by atoms with Crippen molar-refractivity contribution in [1.82, 2.24) is 9.80 Å². The van der Waals surface area contributed by atoms with Crippen molar-refractivity contribution in [1.29, 1.82) is 0 Å². The molecule has 0 amide bonds. The first-order chi connectivity index (χ1) is 7.19. The Morgan fingerprint density at radius 1 is 1.33 bits per heavy atom. The van der Waals surface area contributed by atoms with Crippen molar-refractivity contribution in [3.05, 3.63) is 0 Å². The summed E-state index contributed by atoms with van der Waals surface area (Å²) in [6, 6.07) is 0.769. The van der Waals surface area contributed by atoms with Crippen LogP contribution in [-0.2, 0) is 0 Å². The van der Waals surface area contributed by atoms with Crippen molar-refractivity contribution in [3.8, 4) is 0 Å². The van der Waals surface area contributed by atoms with Crippen LogP contribution in [-0.4, -0.2) is 56.1 Å². The van der Waals surface area contributed by atoms with E-state index in [1.165, 1.54) is 32.4 Å². The molecule has 1 aliphatic heterocycles. The van der Waals surface area contributed by atoms with E-state index in [0.29, 0.717) is 0 Å². The topological polar surface area (TPSA) is 32.5 Å². The Morgan fingerprint density at radius 2 is 1.93 bits per heavy atom. The summed E-state index contributed by atoms with van der Waals surface area (Å²) >= 11 is 0. The molecular formula is C12H27N3. The van der Waals surface area contributed by atoms with Gasteiger partial charge in [-0.2, -0.15) is 0 Å². The van der Waals surface area contributed by atoms with E-state index in [2.05, 4.69) is 30.8 Å². The molecule has 1 heterocycles. The number of nitrogens with zero attached hydrogens (tertiary/aromatic N) is 2. The second kappa shape index (κ2) is 6.46. The lowest BCUT2D eigenvalue weighted by Gasteiger charge is -2.38. The summed E-state index contributed by atoms with van der Waals surface area (Å²) < 4.78 is 0. The van der Waals surface area contributed by atoms with Crippen molar-refractivity contribution >= 4 is 0 Å². The maximum absolute atomic E-state index is 5.58. The molecule has 0 aromatic heterocycles. The Kier molecular flexibility index (Phi) is 5.58. The van der Waals surface area contributed by atoms with Gasteiger partial charge in [0.1, 0.15) is 0 Å². The van der Waals surface area contributed by atoms with E-state index in [1.807, 2.05) is 0 Å². The minimum absolute atomic E-state index is 0.769. The minimum atomic E-state index is 0.769. The minimum Gasteiger partial charge on any atom is -0.329 e. The summed E-state index contributed by atoms with van der Waals surface area (Å²) in [5, 5.41) is 0. The molecule has 0 radical (unpaired) electrons. The monoisotopic (exact) mass is 213 g/mol. The lowest BCUT2D eigenvalue weighted by atomic mass is 9.87. The van der Waals surface area contributed by atoms with Crippen LogP contribution in [0, 0.1) is 5.92 Å². The molecule has 2 N–H and O–H groups in total. The average Bonchev–Trinajstić information content (AvgIpc) is 2.21. The van der Waals surface area contributed by atoms with E-state index in [9.17, 15) is 0 Å². The summed E-state index contributed by atoms with van der Waals surface area (Å²) in [7, 11) is 4.42. The van der Waals surface area contributed by atoms with Crippen molar-refractivity contribution < 1.29 is 0 Å². The van der Waals surface area contributed by atoms with Gasteiger partial charge in [0, 0.05) is 19.1 Å². The maximum Gasteiger partial charge on any atom is 0.0116 e. The van der Waals surface area contributed by atoms with Crippen LogP contribution in [0.1, 0.15) is 26.2 Å². The lowest BCUT2D eigenvalue weighted by molar-refractivity contribution is 0.116. The van der Waals surface area contributed by atoms with Gasteiger partial charge in [0.25, 0.3) is 0 Å². The number of rotatable bonds is 5. The standard InChI is InChI=1S/C12H27N3/c1-4-12(14(2)3)11-5-8-15(9-6-11)10-7-13/h11-12H,4-10,13H2,1-3H3. The summed E-state index contributed by atoms with van der Waals surface area (Å²) in [4.78, 5) is 4.89. The lowest BCUT2D eigenvalue weighted by Crippen LogP contribution is -2.43. The van der Waals surface area contributed by atoms with Crippen LogP contribution < -0.4 is 5.73 Å². The fourth-order valence-corrected chi connectivity index (χ4v) is 2.86. The van der Waals surface area contributed by atoms with Gasteiger partial charge in [-0.15, -0.1) is 0 Å². The Morgan fingerprint density at radius 3 is 2.33 bits per heavy atom. The maximum atomic E-state index is 5.58. The molecule has 3 heteroatoms. The molecule has 1 unspecified atom stereocenters. The third kappa shape index (κ3) is 3.74. The first kappa shape index (κ1) is 12.9. The van der Waals surface area contributed by atoms with Crippen molar-refractivity contribution in [2.45, 2.75) is 32.2 Å². The van der Waals surface area contributed by atoms with E-state index in [1.54, 1.807) is 0 Å². The largest absolute Gasteiger partial charge is 0.329 e. The van der Waals surface area contributed by atoms with Crippen LogP contribution in [0.25, 0.3) is 0 Å². The second-order valence-electron chi connectivity index (χ2n) is 4.91. The first-order valence-electron chi connectivity index (χ1n) is 6.27. The van der Waals surface area contributed by atoms with Crippen LogP contribution in [0.15, 0.2) is 0 Å². The van der Waals surface area contributed by atoms with Gasteiger partial charge in [-0.25, -0.2) is 0 Å². The van der Waals surface area contributed by atoms with Gasteiger partial charge in [-0.1, -0.05) is 6.92 Å². The highest BCUT2D eigenvalue weighted by Crippen LogP contribution is 2.24. The molecule has 1 rings (SSSR count). The molecule has 0 bridgehead atoms. The Hall–Kier alpha value is -0.120. The molecule has 0 saturated carbocycles. The van der Waals surface area contributed by atoms with Crippen molar-refractivity contribution in [3.63, 3.8) is 0 Å². The number of hydrogen-bond acceptors (Lipinski definition) is 3. The van der Waals surface area contributed by atoms with E-state index in [4.69, 9.17) is 5.73 Å². The smallest absolute Gasteiger partial charge is 0.0116 e. The normalized spacial score (nSPS) is 22.2. The van der Waals surface area contributed by atoms with Gasteiger partial charge in [0.15, 0.2) is 0 Å². The molecule has 3 nitrogen and oxygen atoms in total. The predicted molar refractivity (Wildman–Crippen MR) is 66.0 cm³/mol. The first-order valence-corrected chi connectivity index (χ1v) is 6.27. The molecule has 15 heavy (non-hydrogen) atoms. The van der Waals surface area contributed by atoms with E-state index in [-0.39, 0.29) is 0 Å². The number of nitrogens with two attached hydrogens (primary N) is 1. The van der Waals surface area contributed by atoms with Gasteiger partial charge < -0.3 is 15.5 Å². The van der Waals surface area contributed by atoms with Gasteiger partial charge in [0.05, 0.1) is 0 Å². The zero-order valence-electron chi connectivity index (χ0n) is 10.6. The molecule has 0 spiro atoms. The Bertz CT molecular complexity index is 162. The van der Waals surface area contributed by atoms with Crippen molar-refractivity contribution in [2.24, 2.45) is 11.7 Å².